The Labute approximate surface area is 384 Å². The molecule has 13 rings (SSSR count). The van der Waals surface area contributed by atoms with Crippen LogP contribution in [-0.4, -0.2) is 0 Å². The molecule has 1 unspecified atom stereocenters. The fraction of sp³-hybridized carbons (Fsp3) is 0.0159. The summed E-state index contributed by atoms with van der Waals surface area (Å²) in [6.07, 6.45) is 0. The molecule has 1 atom stereocenters. The van der Waals surface area contributed by atoms with Gasteiger partial charge in [-0.2, -0.15) is 0 Å². The molecule has 1 aromatic heterocycles. The van der Waals surface area contributed by atoms with E-state index in [1.165, 1.54) is 55.6 Å². The van der Waals surface area contributed by atoms with Crippen LogP contribution in [0.15, 0.2) is 259 Å². The van der Waals surface area contributed by atoms with Crippen molar-refractivity contribution in [3.05, 3.63) is 277 Å². The molecule has 310 valence electrons. The Morgan fingerprint density at radius 3 is 1.24 bits per heavy atom. The van der Waals surface area contributed by atoms with Crippen LogP contribution in [0.1, 0.15) is 22.3 Å². The van der Waals surface area contributed by atoms with Crippen molar-refractivity contribution in [2.75, 3.05) is 9.80 Å². The topological polar surface area (TPSA) is 19.6 Å². The summed E-state index contributed by atoms with van der Waals surface area (Å²) in [5.74, 6) is 0.930. The van der Waals surface area contributed by atoms with Crippen LogP contribution in [0, 0.1) is 0 Å². The summed E-state index contributed by atoms with van der Waals surface area (Å²) in [5, 5.41) is 1.13. The number of furan rings is 1. The van der Waals surface area contributed by atoms with Crippen molar-refractivity contribution in [3.63, 3.8) is 0 Å². The molecule has 0 bridgehead atoms. The molecule has 0 radical (unpaired) electrons. The average molecular weight is 843 g/mol. The SMILES string of the molecule is c1ccc(-c2ccc(N(c3ccc(-c4ccccc4)cc3)c3ccc4c(c3)C3(c5ccccc5-c5ccc(N(c6ccccc6)c6ccccc6)cc53)c3c-4oc4ccccc34)cc2)cc1. The van der Waals surface area contributed by atoms with Gasteiger partial charge in [0.05, 0.1) is 5.41 Å². The molecule has 3 nitrogen and oxygen atoms in total. The third kappa shape index (κ3) is 5.84. The zero-order valence-electron chi connectivity index (χ0n) is 36.1. The standard InChI is InChI=1S/C63H42N2O/c1-5-17-43(18-6-1)45-29-33-49(34-30-45)65(50-35-31-46(32-36-50)44-19-7-2-8-20-44)52-38-40-55-59(42-52)63(61-56-26-14-16-28-60(56)66-62(55)61)57-27-15-13-25-53(57)54-39-37-51(41-58(54)63)64(47-21-9-3-10-22-47)48-23-11-4-12-24-48/h1-42H. The lowest BCUT2D eigenvalue weighted by Crippen LogP contribution is -2.26. The molecule has 10 aromatic carbocycles. The van der Waals surface area contributed by atoms with E-state index < -0.39 is 5.41 Å². The van der Waals surface area contributed by atoms with Crippen molar-refractivity contribution in [1.29, 1.82) is 0 Å². The lowest BCUT2D eigenvalue weighted by molar-refractivity contribution is 0.628. The van der Waals surface area contributed by atoms with E-state index in [9.17, 15) is 0 Å². The predicted octanol–water partition coefficient (Wildman–Crippen LogP) is 17.0. The van der Waals surface area contributed by atoms with Crippen molar-refractivity contribution < 1.29 is 4.42 Å². The van der Waals surface area contributed by atoms with E-state index in [4.69, 9.17) is 4.42 Å². The number of benzene rings is 10. The molecule has 0 saturated heterocycles. The number of hydrogen-bond acceptors (Lipinski definition) is 3. The molecule has 2 aliphatic carbocycles. The molecule has 0 amide bonds. The Kier molecular flexibility index (Phi) is 8.75. The van der Waals surface area contributed by atoms with Crippen LogP contribution >= 0.6 is 0 Å². The van der Waals surface area contributed by atoms with Crippen LogP contribution in [0.25, 0.3) is 55.7 Å². The largest absolute Gasteiger partial charge is 0.456 e. The van der Waals surface area contributed by atoms with E-state index in [1.54, 1.807) is 0 Å². The second-order valence-corrected chi connectivity index (χ2v) is 17.2. The van der Waals surface area contributed by atoms with Gasteiger partial charge in [-0.05, 0) is 135 Å². The Balaban J connectivity index is 1.06. The smallest absolute Gasteiger partial charge is 0.140 e. The Morgan fingerprint density at radius 1 is 0.288 bits per heavy atom. The second-order valence-electron chi connectivity index (χ2n) is 17.2. The highest BCUT2D eigenvalue weighted by Crippen LogP contribution is 2.66. The number of rotatable bonds is 8. The summed E-state index contributed by atoms with van der Waals surface area (Å²) < 4.78 is 7.03. The van der Waals surface area contributed by atoms with Gasteiger partial charge in [0, 0.05) is 50.6 Å². The monoisotopic (exact) mass is 842 g/mol. The van der Waals surface area contributed by atoms with Crippen LogP contribution in [-0.2, 0) is 5.41 Å². The van der Waals surface area contributed by atoms with Gasteiger partial charge in [0.2, 0.25) is 0 Å². The maximum atomic E-state index is 7.03. The van der Waals surface area contributed by atoms with Crippen LogP contribution in [0.5, 0.6) is 0 Å². The molecule has 0 fully saturated rings. The fourth-order valence-electron chi connectivity index (χ4n) is 10.8. The normalized spacial score (nSPS) is 14.1. The average Bonchev–Trinajstić information content (AvgIpc) is 4.01. The van der Waals surface area contributed by atoms with Crippen LogP contribution in [0.2, 0.25) is 0 Å². The Morgan fingerprint density at radius 2 is 0.682 bits per heavy atom. The summed E-state index contributed by atoms with van der Waals surface area (Å²) in [7, 11) is 0. The maximum absolute atomic E-state index is 7.03. The van der Waals surface area contributed by atoms with E-state index in [0.717, 1.165) is 56.4 Å². The third-order valence-electron chi connectivity index (χ3n) is 13.7. The van der Waals surface area contributed by atoms with Crippen molar-refractivity contribution in [2.45, 2.75) is 5.41 Å². The first-order valence-electron chi connectivity index (χ1n) is 22.7. The summed E-state index contributed by atoms with van der Waals surface area (Å²) >= 11 is 0. The molecular weight excluding hydrogens is 801 g/mol. The van der Waals surface area contributed by atoms with Gasteiger partial charge in [-0.25, -0.2) is 0 Å². The van der Waals surface area contributed by atoms with Crippen LogP contribution < -0.4 is 9.80 Å². The number of hydrogen-bond donors (Lipinski definition) is 0. The zero-order valence-corrected chi connectivity index (χ0v) is 36.1. The molecule has 0 saturated carbocycles. The van der Waals surface area contributed by atoms with Crippen molar-refractivity contribution >= 4 is 45.1 Å². The van der Waals surface area contributed by atoms with E-state index >= 15 is 0 Å². The number of fused-ring (bicyclic) bond motifs is 12. The van der Waals surface area contributed by atoms with Gasteiger partial charge in [0.15, 0.2) is 0 Å². The summed E-state index contributed by atoms with van der Waals surface area (Å²) in [6.45, 7) is 0. The minimum atomic E-state index is -0.686. The minimum absolute atomic E-state index is 0.686. The van der Waals surface area contributed by atoms with Gasteiger partial charge in [-0.15, -0.1) is 0 Å². The van der Waals surface area contributed by atoms with E-state index in [2.05, 4.69) is 265 Å². The van der Waals surface area contributed by atoms with Gasteiger partial charge in [0.25, 0.3) is 0 Å². The predicted molar refractivity (Wildman–Crippen MR) is 273 cm³/mol. The van der Waals surface area contributed by atoms with E-state index in [1.807, 2.05) is 0 Å². The summed E-state index contributed by atoms with van der Waals surface area (Å²) in [4.78, 5) is 4.78. The first kappa shape index (κ1) is 37.9. The third-order valence-corrected chi connectivity index (χ3v) is 13.7. The second kappa shape index (κ2) is 15.3. The van der Waals surface area contributed by atoms with E-state index in [0.29, 0.717) is 0 Å². The highest BCUT2D eigenvalue weighted by Gasteiger charge is 2.55. The zero-order chi connectivity index (χ0) is 43.6. The van der Waals surface area contributed by atoms with Crippen molar-refractivity contribution in [2.24, 2.45) is 0 Å². The molecule has 1 heterocycles. The highest BCUT2D eigenvalue weighted by atomic mass is 16.3. The molecule has 1 spiro atoms. The van der Waals surface area contributed by atoms with Gasteiger partial charge in [-0.1, -0.05) is 170 Å². The van der Waals surface area contributed by atoms with Crippen LogP contribution in [0.4, 0.5) is 34.1 Å². The van der Waals surface area contributed by atoms with Crippen molar-refractivity contribution in [1.82, 2.24) is 0 Å². The number of para-hydroxylation sites is 3. The summed E-state index contributed by atoms with van der Waals surface area (Å²) in [5.41, 5.74) is 20.0. The summed E-state index contributed by atoms with van der Waals surface area (Å²) in [6, 6.07) is 92.3. The first-order valence-corrected chi connectivity index (χ1v) is 22.7. The lowest BCUT2D eigenvalue weighted by Gasteiger charge is -2.33. The molecule has 11 aromatic rings. The first-order chi connectivity index (χ1) is 32.7. The Hall–Kier alpha value is -8.66. The van der Waals surface area contributed by atoms with Gasteiger partial charge in [0.1, 0.15) is 11.3 Å². The molecule has 3 heteroatoms. The van der Waals surface area contributed by atoms with Gasteiger partial charge in [-0.3, -0.25) is 0 Å². The highest BCUT2D eigenvalue weighted by molar-refractivity contribution is 6.03. The molecule has 0 N–H and O–H groups in total. The minimum Gasteiger partial charge on any atom is -0.456 e. The lowest BCUT2D eigenvalue weighted by atomic mass is 9.70. The number of anilines is 6. The van der Waals surface area contributed by atoms with Gasteiger partial charge >= 0.3 is 0 Å². The number of nitrogens with zero attached hydrogens (tertiary/aromatic N) is 2. The maximum Gasteiger partial charge on any atom is 0.140 e. The molecule has 0 aliphatic heterocycles. The quantitative estimate of drug-likeness (QED) is 0.152. The molecular formula is C63H42N2O. The van der Waals surface area contributed by atoms with E-state index in [-0.39, 0.29) is 0 Å². The van der Waals surface area contributed by atoms with Crippen LogP contribution in [0.3, 0.4) is 0 Å². The molecule has 2 aliphatic rings. The Bertz CT molecular complexity index is 3440. The van der Waals surface area contributed by atoms with Gasteiger partial charge < -0.3 is 14.2 Å². The molecule has 66 heavy (non-hydrogen) atoms. The van der Waals surface area contributed by atoms with Crippen molar-refractivity contribution in [3.8, 4) is 44.7 Å². The fourth-order valence-corrected chi connectivity index (χ4v) is 10.8.